The average Bonchev–Trinajstić information content (AvgIpc) is 3.93. The molecule has 0 aliphatic carbocycles. The number of aromatic nitrogens is 6. The van der Waals surface area contributed by atoms with Crippen LogP contribution < -0.4 is 0 Å². The quantitative estimate of drug-likeness (QED) is 0.177. The number of hydrogen-bond donors (Lipinski definition) is 0. The second kappa shape index (κ2) is 12.3. The molecule has 0 aliphatic heterocycles. The molecule has 0 atom stereocenters. The third-order valence-electron chi connectivity index (χ3n) is 11.3. The lowest BCUT2D eigenvalue weighted by Gasteiger charge is -2.13. The molecule has 4 heterocycles. The first-order chi connectivity index (χ1) is 28.3. The average molecular weight is 729 g/mol. The third-order valence-corrected chi connectivity index (χ3v) is 11.3. The van der Waals surface area contributed by atoms with Gasteiger partial charge in [0.25, 0.3) is 0 Å². The number of nitrogens with zero attached hydrogens (tertiary/aromatic N) is 6. The van der Waals surface area contributed by atoms with Gasteiger partial charge in [0.05, 0.1) is 33.1 Å². The highest BCUT2D eigenvalue weighted by molar-refractivity contribution is 6.23. The Morgan fingerprint density at radius 3 is 1.32 bits per heavy atom. The summed E-state index contributed by atoms with van der Waals surface area (Å²) < 4.78 is 6.97. The lowest BCUT2D eigenvalue weighted by molar-refractivity contribution is 0.953. The van der Waals surface area contributed by atoms with Crippen molar-refractivity contribution in [2.24, 2.45) is 0 Å². The van der Waals surface area contributed by atoms with Crippen LogP contribution in [0.2, 0.25) is 0 Å². The lowest BCUT2D eigenvalue weighted by atomic mass is 10.1. The van der Waals surface area contributed by atoms with E-state index in [1.165, 1.54) is 21.5 Å². The van der Waals surface area contributed by atoms with Crippen molar-refractivity contribution >= 4 is 65.4 Å². The van der Waals surface area contributed by atoms with Gasteiger partial charge in [0.15, 0.2) is 11.6 Å². The van der Waals surface area contributed by atoms with E-state index in [1.54, 1.807) is 0 Å². The summed E-state index contributed by atoms with van der Waals surface area (Å²) >= 11 is 0. The maximum atomic E-state index is 5.42. The highest BCUT2D eigenvalue weighted by Gasteiger charge is 2.24. The van der Waals surface area contributed by atoms with Gasteiger partial charge < -0.3 is 9.13 Å². The summed E-state index contributed by atoms with van der Waals surface area (Å²) in [7, 11) is 0. The number of para-hydroxylation sites is 5. The van der Waals surface area contributed by atoms with Crippen molar-refractivity contribution in [3.63, 3.8) is 0 Å². The second-order valence-electron chi connectivity index (χ2n) is 14.5. The summed E-state index contributed by atoms with van der Waals surface area (Å²) in [4.78, 5) is 16.0. The van der Waals surface area contributed by atoms with Gasteiger partial charge in [-0.3, -0.25) is 4.57 Å². The summed E-state index contributed by atoms with van der Waals surface area (Å²) in [5, 5.41) is 7.01. The Bertz CT molecular complexity index is 3510. The van der Waals surface area contributed by atoms with Crippen molar-refractivity contribution in [2.45, 2.75) is 0 Å². The molecule has 0 aliphatic rings. The first kappa shape index (κ1) is 31.5. The summed E-state index contributed by atoms with van der Waals surface area (Å²) in [5.41, 5.74) is 10.6. The largest absolute Gasteiger partial charge is 0.309 e. The van der Waals surface area contributed by atoms with Crippen LogP contribution in [0.5, 0.6) is 0 Å². The van der Waals surface area contributed by atoms with Crippen molar-refractivity contribution in [1.29, 1.82) is 0 Å². The van der Waals surface area contributed by atoms with Gasteiger partial charge in [-0.2, -0.15) is 9.97 Å². The molecule has 0 amide bonds. The van der Waals surface area contributed by atoms with E-state index >= 15 is 0 Å². The number of fused-ring (bicyclic) bond motifs is 10. The van der Waals surface area contributed by atoms with Gasteiger partial charge in [-0.25, -0.2) is 4.98 Å². The van der Waals surface area contributed by atoms with Crippen LogP contribution in [-0.2, 0) is 0 Å². The second-order valence-corrected chi connectivity index (χ2v) is 14.5. The van der Waals surface area contributed by atoms with Crippen LogP contribution in [0.3, 0.4) is 0 Å². The zero-order valence-corrected chi connectivity index (χ0v) is 30.7. The van der Waals surface area contributed by atoms with Gasteiger partial charge in [-0.05, 0) is 48.5 Å². The molecule has 0 radical (unpaired) electrons. The zero-order chi connectivity index (χ0) is 37.5. The Hall–Kier alpha value is -7.83. The van der Waals surface area contributed by atoms with Crippen molar-refractivity contribution in [2.75, 3.05) is 0 Å². The van der Waals surface area contributed by atoms with Crippen LogP contribution in [-0.4, -0.2) is 28.7 Å². The van der Waals surface area contributed by atoms with E-state index in [1.807, 2.05) is 18.2 Å². The molecule has 12 aromatic rings. The summed E-state index contributed by atoms with van der Waals surface area (Å²) in [6, 6.07) is 68.3. The smallest absolute Gasteiger partial charge is 0.238 e. The number of rotatable bonds is 5. The molecule has 0 fully saturated rings. The Labute approximate surface area is 327 Å². The van der Waals surface area contributed by atoms with Crippen molar-refractivity contribution < 1.29 is 0 Å². The van der Waals surface area contributed by atoms with Gasteiger partial charge in [-0.15, -0.1) is 0 Å². The molecule has 8 aromatic carbocycles. The first-order valence-corrected chi connectivity index (χ1v) is 19.2. The topological polar surface area (TPSA) is 53.5 Å². The molecular formula is C51H32N6. The number of hydrogen-bond acceptors (Lipinski definition) is 3. The highest BCUT2D eigenvalue weighted by atomic mass is 15.2. The fraction of sp³-hybridized carbons (Fsp3) is 0. The van der Waals surface area contributed by atoms with Crippen molar-refractivity contribution in [3.8, 4) is 40.1 Å². The molecule has 6 nitrogen and oxygen atoms in total. The molecule has 4 aromatic heterocycles. The molecule has 266 valence electrons. The van der Waals surface area contributed by atoms with Crippen LogP contribution in [0.15, 0.2) is 194 Å². The normalized spacial score (nSPS) is 11.9. The molecule has 12 rings (SSSR count). The van der Waals surface area contributed by atoms with Crippen LogP contribution in [0.25, 0.3) is 106 Å². The minimum absolute atomic E-state index is 0.561. The number of benzene rings is 8. The van der Waals surface area contributed by atoms with Gasteiger partial charge in [0, 0.05) is 54.8 Å². The summed E-state index contributed by atoms with van der Waals surface area (Å²) in [5.74, 6) is 1.78. The molecule has 0 saturated heterocycles. The maximum Gasteiger partial charge on any atom is 0.238 e. The Kier molecular flexibility index (Phi) is 6.83. The molecule has 6 heteroatoms. The highest BCUT2D eigenvalue weighted by Crippen LogP contribution is 2.42. The van der Waals surface area contributed by atoms with Gasteiger partial charge in [-0.1, -0.05) is 146 Å². The van der Waals surface area contributed by atoms with Gasteiger partial charge >= 0.3 is 0 Å². The third kappa shape index (κ3) is 4.74. The summed E-state index contributed by atoms with van der Waals surface area (Å²) in [6.45, 7) is 0. The van der Waals surface area contributed by atoms with E-state index < -0.39 is 0 Å². The van der Waals surface area contributed by atoms with Crippen LogP contribution in [0, 0.1) is 0 Å². The van der Waals surface area contributed by atoms with Crippen LogP contribution >= 0.6 is 0 Å². The van der Waals surface area contributed by atoms with Crippen molar-refractivity contribution in [1.82, 2.24) is 28.7 Å². The minimum atomic E-state index is 0.561. The Balaban J connectivity index is 1.20. The minimum Gasteiger partial charge on any atom is -0.309 e. The van der Waals surface area contributed by atoms with Crippen LogP contribution in [0.4, 0.5) is 0 Å². The monoisotopic (exact) mass is 728 g/mol. The molecule has 0 spiro atoms. The van der Waals surface area contributed by atoms with Crippen LogP contribution in [0.1, 0.15) is 0 Å². The fourth-order valence-corrected chi connectivity index (χ4v) is 8.83. The van der Waals surface area contributed by atoms with E-state index in [0.29, 0.717) is 17.6 Å². The predicted octanol–water partition coefficient (Wildman–Crippen LogP) is 12.5. The van der Waals surface area contributed by atoms with Crippen molar-refractivity contribution in [3.05, 3.63) is 194 Å². The molecule has 57 heavy (non-hydrogen) atoms. The Morgan fingerprint density at radius 2 is 0.702 bits per heavy atom. The Morgan fingerprint density at radius 1 is 0.281 bits per heavy atom. The van der Waals surface area contributed by atoms with Gasteiger partial charge in [0.1, 0.15) is 0 Å². The molecule has 0 unspecified atom stereocenters. The van der Waals surface area contributed by atoms with E-state index in [-0.39, 0.29) is 0 Å². The molecule has 0 bridgehead atoms. The van der Waals surface area contributed by atoms with E-state index in [9.17, 15) is 0 Å². The van der Waals surface area contributed by atoms with E-state index in [2.05, 4.69) is 190 Å². The maximum absolute atomic E-state index is 5.42. The predicted molar refractivity (Wildman–Crippen MR) is 234 cm³/mol. The fourth-order valence-electron chi connectivity index (χ4n) is 8.83. The molecule has 0 saturated carbocycles. The van der Waals surface area contributed by atoms with E-state index in [0.717, 1.165) is 66.4 Å². The summed E-state index contributed by atoms with van der Waals surface area (Å²) in [6.07, 6.45) is 0. The van der Waals surface area contributed by atoms with Gasteiger partial charge in [0.2, 0.25) is 5.95 Å². The van der Waals surface area contributed by atoms with E-state index in [4.69, 9.17) is 15.0 Å². The molecular weight excluding hydrogens is 697 g/mol. The molecule has 0 N–H and O–H groups in total. The standard InChI is InChI=1S/C51H32N6/c1-4-16-33(17-5-1)49-52-50(34-28-29-40-37-22-10-13-25-43(37)55(46(40)32-34)35-18-6-2-7-19-35)54-51(53-49)57-45-27-15-12-24-39(45)42-31-30-41-38-23-11-14-26-44(38)56(47(41)48(42)57)36-20-8-3-9-21-36/h1-32H. The lowest BCUT2D eigenvalue weighted by Crippen LogP contribution is -2.07. The SMILES string of the molecule is c1ccc(-c2nc(-c3ccc4c5ccccc5n(-c5ccccc5)c4c3)nc(-n3c4ccccc4c4ccc5c6ccccc6n(-c6ccccc6)c5c43)n2)cc1. The zero-order valence-electron chi connectivity index (χ0n) is 30.7. The first-order valence-electron chi connectivity index (χ1n) is 19.2.